The van der Waals surface area contributed by atoms with Gasteiger partial charge < -0.3 is 5.32 Å². The van der Waals surface area contributed by atoms with Gasteiger partial charge in [-0.25, -0.2) is 0 Å². The molecule has 0 saturated carbocycles. The van der Waals surface area contributed by atoms with Gasteiger partial charge in [0, 0.05) is 11.6 Å². The lowest BCUT2D eigenvalue weighted by molar-refractivity contribution is -0.120. The van der Waals surface area contributed by atoms with Gasteiger partial charge in [0.05, 0.1) is 5.41 Å². The molecule has 0 saturated heterocycles. The number of Topliss-reactive ketones (excluding diaryl/α,β-unsaturated/α-hetero) is 1. The fourth-order valence-corrected chi connectivity index (χ4v) is 2.24. The van der Waals surface area contributed by atoms with Crippen molar-refractivity contribution in [2.24, 2.45) is 5.92 Å². The average molecular weight is 245 g/mol. The van der Waals surface area contributed by atoms with Gasteiger partial charge in [0.25, 0.3) is 0 Å². The Balaban J connectivity index is 2.32. The molecule has 1 amide bonds. The van der Waals surface area contributed by atoms with Crippen LogP contribution >= 0.6 is 0 Å². The summed E-state index contributed by atoms with van der Waals surface area (Å²) in [5.74, 6) is 0.259. The van der Waals surface area contributed by atoms with Crippen LogP contribution in [0.4, 0.5) is 5.69 Å². The van der Waals surface area contributed by atoms with E-state index >= 15 is 0 Å². The highest BCUT2D eigenvalue weighted by molar-refractivity contribution is 6.05. The van der Waals surface area contributed by atoms with E-state index in [1.54, 1.807) is 6.92 Å². The van der Waals surface area contributed by atoms with E-state index in [-0.39, 0.29) is 17.6 Å². The molecule has 96 valence electrons. The first-order valence-electron chi connectivity index (χ1n) is 6.27. The topological polar surface area (TPSA) is 46.2 Å². The van der Waals surface area contributed by atoms with Crippen molar-refractivity contribution in [3.63, 3.8) is 0 Å². The molecule has 0 aliphatic carbocycles. The van der Waals surface area contributed by atoms with Crippen LogP contribution < -0.4 is 5.32 Å². The molecule has 3 nitrogen and oxygen atoms in total. The second kappa shape index (κ2) is 4.23. The third kappa shape index (κ3) is 2.05. The van der Waals surface area contributed by atoms with Crippen molar-refractivity contribution < 1.29 is 9.59 Å². The fourth-order valence-electron chi connectivity index (χ4n) is 2.24. The van der Waals surface area contributed by atoms with E-state index in [1.807, 2.05) is 39.0 Å². The van der Waals surface area contributed by atoms with Crippen LogP contribution in [0.5, 0.6) is 0 Å². The van der Waals surface area contributed by atoms with Crippen LogP contribution in [-0.4, -0.2) is 11.7 Å². The molecule has 0 spiro atoms. The van der Waals surface area contributed by atoms with Gasteiger partial charge >= 0.3 is 0 Å². The van der Waals surface area contributed by atoms with E-state index in [0.29, 0.717) is 0 Å². The van der Waals surface area contributed by atoms with Gasteiger partial charge in [0.15, 0.2) is 0 Å². The minimum atomic E-state index is -0.481. The largest absolute Gasteiger partial charge is 0.325 e. The number of benzene rings is 1. The Kier molecular flexibility index (Phi) is 3.01. The summed E-state index contributed by atoms with van der Waals surface area (Å²) in [4.78, 5) is 23.1. The zero-order chi connectivity index (χ0) is 13.5. The third-order valence-electron chi connectivity index (χ3n) is 3.81. The molecule has 1 aliphatic heterocycles. The highest BCUT2D eigenvalue weighted by atomic mass is 16.2. The zero-order valence-corrected chi connectivity index (χ0v) is 11.3. The summed E-state index contributed by atoms with van der Waals surface area (Å²) >= 11 is 0. The quantitative estimate of drug-likeness (QED) is 0.890. The number of fused-ring (bicyclic) bond motifs is 1. The van der Waals surface area contributed by atoms with Crippen LogP contribution in [0.1, 0.15) is 38.8 Å². The van der Waals surface area contributed by atoms with Gasteiger partial charge in [-0.3, -0.25) is 9.59 Å². The van der Waals surface area contributed by atoms with E-state index < -0.39 is 5.41 Å². The Bertz CT molecular complexity index is 517. The van der Waals surface area contributed by atoms with Crippen molar-refractivity contribution in [3.8, 4) is 0 Å². The molecule has 0 bridgehead atoms. The van der Waals surface area contributed by atoms with Crippen molar-refractivity contribution >= 4 is 17.4 Å². The van der Waals surface area contributed by atoms with Gasteiger partial charge in [0.1, 0.15) is 5.78 Å². The second-order valence-corrected chi connectivity index (χ2v) is 5.67. The van der Waals surface area contributed by atoms with Crippen molar-refractivity contribution in [1.29, 1.82) is 0 Å². The van der Waals surface area contributed by atoms with Gasteiger partial charge in [0.2, 0.25) is 5.91 Å². The Labute approximate surface area is 108 Å². The number of carbonyl (C=O) groups excluding carboxylic acids is 2. The first-order chi connectivity index (χ1) is 8.32. The lowest BCUT2D eigenvalue weighted by Gasteiger charge is -2.16. The first kappa shape index (κ1) is 12.8. The van der Waals surface area contributed by atoms with Crippen LogP contribution in [0.15, 0.2) is 18.2 Å². The monoisotopic (exact) mass is 245 g/mol. The SMILES string of the molecule is CC(=O)C(C)Cc1ccc2c(c1)C(C)(C)C(=O)N2. The number of amides is 1. The number of hydrogen-bond acceptors (Lipinski definition) is 2. The van der Waals surface area contributed by atoms with Crippen molar-refractivity contribution in [2.75, 3.05) is 5.32 Å². The molecule has 2 rings (SSSR count). The molecule has 1 aromatic carbocycles. The summed E-state index contributed by atoms with van der Waals surface area (Å²) in [5.41, 5.74) is 2.55. The van der Waals surface area contributed by atoms with E-state index in [1.165, 1.54) is 0 Å². The van der Waals surface area contributed by atoms with Crippen LogP contribution in [-0.2, 0) is 21.4 Å². The molecule has 18 heavy (non-hydrogen) atoms. The zero-order valence-electron chi connectivity index (χ0n) is 11.3. The molecular formula is C15H19NO2. The summed E-state index contributed by atoms with van der Waals surface area (Å²) in [6.07, 6.45) is 0.729. The average Bonchev–Trinajstić information content (AvgIpc) is 2.51. The predicted molar refractivity (Wildman–Crippen MR) is 71.6 cm³/mol. The standard InChI is InChI=1S/C15H19NO2/c1-9(10(2)17)7-11-5-6-13-12(8-11)15(3,4)14(18)16-13/h5-6,8-9H,7H2,1-4H3,(H,16,18). The Morgan fingerprint density at radius 3 is 2.67 bits per heavy atom. The Hall–Kier alpha value is -1.64. The Morgan fingerprint density at radius 1 is 1.39 bits per heavy atom. The summed E-state index contributed by atoms with van der Waals surface area (Å²) < 4.78 is 0. The lowest BCUT2D eigenvalue weighted by atomic mass is 9.84. The van der Waals surface area contributed by atoms with Crippen LogP contribution in [0, 0.1) is 5.92 Å². The summed E-state index contributed by atoms with van der Waals surface area (Å²) in [6, 6.07) is 5.97. The van der Waals surface area contributed by atoms with E-state index in [0.717, 1.165) is 23.2 Å². The first-order valence-corrected chi connectivity index (χ1v) is 6.27. The molecule has 1 aromatic rings. The van der Waals surface area contributed by atoms with Gasteiger partial charge in [-0.1, -0.05) is 19.1 Å². The van der Waals surface area contributed by atoms with E-state index in [2.05, 4.69) is 5.32 Å². The number of ketones is 1. The summed E-state index contributed by atoms with van der Waals surface area (Å²) in [7, 11) is 0. The highest BCUT2D eigenvalue weighted by Gasteiger charge is 2.38. The second-order valence-electron chi connectivity index (χ2n) is 5.67. The van der Waals surface area contributed by atoms with Gasteiger partial charge in [-0.05, 0) is 44.4 Å². The number of carbonyl (C=O) groups is 2. The highest BCUT2D eigenvalue weighted by Crippen LogP contribution is 2.37. The smallest absolute Gasteiger partial charge is 0.234 e. The van der Waals surface area contributed by atoms with Crippen molar-refractivity contribution in [1.82, 2.24) is 0 Å². The molecule has 1 aliphatic rings. The normalized spacial score (nSPS) is 18.1. The van der Waals surface area contributed by atoms with Crippen LogP contribution in [0.3, 0.4) is 0 Å². The molecule has 1 heterocycles. The summed E-state index contributed by atoms with van der Waals surface area (Å²) in [6.45, 7) is 7.40. The Morgan fingerprint density at radius 2 is 2.06 bits per heavy atom. The number of rotatable bonds is 3. The maximum Gasteiger partial charge on any atom is 0.234 e. The molecule has 0 aromatic heterocycles. The van der Waals surface area contributed by atoms with E-state index in [9.17, 15) is 9.59 Å². The molecule has 1 unspecified atom stereocenters. The molecule has 0 radical (unpaired) electrons. The number of hydrogen-bond donors (Lipinski definition) is 1. The van der Waals surface area contributed by atoms with E-state index in [4.69, 9.17) is 0 Å². The minimum Gasteiger partial charge on any atom is -0.325 e. The predicted octanol–water partition coefficient (Wildman–Crippen LogP) is 2.68. The molecule has 0 fully saturated rings. The minimum absolute atomic E-state index is 0.0243. The van der Waals surface area contributed by atoms with Crippen LogP contribution in [0.2, 0.25) is 0 Å². The third-order valence-corrected chi connectivity index (χ3v) is 3.81. The molecule has 1 atom stereocenters. The number of nitrogens with one attached hydrogen (secondary N) is 1. The number of anilines is 1. The van der Waals surface area contributed by atoms with Crippen LogP contribution in [0.25, 0.3) is 0 Å². The van der Waals surface area contributed by atoms with Crippen molar-refractivity contribution in [2.45, 2.75) is 39.5 Å². The molecular weight excluding hydrogens is 226 g/mol. The van der Waals surface area contributed by atoms with Crippen molar-refractivity contribution in [3.05, 3.63) is 29.3 Å². The van der Waals surface area contributed by atoms with Gasteiger partial charge in [-0.2, -0.15) is 0 Å². The summed E-state index contributed by atoms with van der Waals surface area (Å²) in [5, 5.41) is 2.89. The fraction of sp³-hybridized carbons (Fsp3) is 0.467. The molecule has 3 heteroatoms. The molecule has 1 N–H and O–H groups in total. The maximum atomic E-state index is 11.8. The maximum absolute atomic E-state index is 11.8. The lowest BCUT2D eigenvalue weighted by Crippen LogP contribution is -2.26. The van der Waals surface area contributed by atoms with Gasteiger partial charge in [-0.15, -0.1) is 0 Å².